The lowest BCUT2D eigenvalue weighted by molar-refractivity contribution is -0.514. The number of aromatic nitrogens is 1. The first kappa shape index (κ1) is 11.5. The summed E-state index contributed by atoms with van der Waals surface area (Å²) in [4.78, 5) is 0. The van der Waals surface area contributed by atoms with Gasteiger partial charge >= 0.3 is 0 Å². The van der Waals surface area contributed by atoms with Gasteiger partial charge < -0.3 is 0 Å². The fourth-order valence-electron chi connectivity index (χ4n) is 3.61. The zero-order valence-electron chi connectivity index (χ0n) is 11.7. The largest absolute Gasteiger partial charge is 0.297 e. The Morgan fingerprint density at radius 3 is 2.45 bits per heavy atom. The molecule has 0 saturated heterocycles. The summed E-state index contributed by atoms with van der Waals surface area (Å²) in [6, 6.07) is 23.3. The standard InChI is InChI=1S/C20H11N2/c21-12-18-20-16-9-4-6-13-5-3-8-15(19(13)16)17(20)11-14-7-1-2-10-22(14)18/h1-11H/q+1. The van der Waals surface area contributed by atoms with E-state index in [0.717, 1.165) is 22.2 Å². The van der Waals surface area contributed by atoms with Gasteiger partial charge in [0.15, 0.2) is 12.3 Å². The highest BCUT2D eigenvalue weighted by Crippen LogP contribution is 2.47. The predicted octanol–water partition coefficient (Wildman–Crippen LogP) is 4.10. The number of rotatable bonds is 0. The van der Waals surface area contributed by atoms with E-state index in [1.54, 1.807) is 0 Å². The Balaban J connectivity index is 2.08. The fraction of sp³-hybridized carbons (Fsp3) is 0. The lowest BCUT2D eigenvalue weighted by atomic mass is 10.0. The Labute approximate surface area is 127 Å². The van der Waals surface area contributed by atoms with Gasteiger partial charge in [0.1, 0.15) is 0 Å². The van der Waals surface area contributed by atoms with Gasteiger partial charge in [0, 0.05) is 23.8 Å². The van der Waals surface area contributed by atoms with Crippen molar-refractivity contribution in [1.82, 2.24) is 0 Å². The molecule has 2 aromatic carbocycles. The molecule has 2 heterocycles. The van der Waals surface area contributed by atoms with Gasteiger partial charge in [-0.15, -0.1) is 0 Å². The molecule has 0 bridgehead atoms. The van der Waals surface area contributed by atoms with E-state index in [-0.39, 0.29) is 0 Å². The third-order valence-electron chi connectivity index (χ3n) is 4.50. The molecule has 2 heteroatoms. The van der Waals surface area contributed by atoms with Crippen molar-refractivity contribution in [3.05, 3.63) is 72.6 Å². The van der Waals surface area contributed by atoms with Crippen LogP contribution < -0.4 is 4.40 Å². The van der Waals surface area contributed by atoms with E-state index in [1.807, 2.05) is 28.8 Å². The summed E-state index contributed by atoms with van der Waals surface area (Å²) in [5, 5.41) is 12.2. The Morgan fingerprint density at radius 1 is 0.818 bits per heavy atom. The highest BCUT2D eigenvalue weighted by Gasteiger charge is 2.29. The van der Waals surface area contributed by atoms with Gasteiger partial charge in [0.2, 0.25) is 5.52 Å². The second-order valence-electron chi connectivity index (χ2n) is 5.60. The van der Waals surface area contributed by atoms with E-state index < -0.39 is 0 Å². The Hall–Kier alpha value is -3.18. The first-order valence-corrected chi connectivity index (χ1v) is 7.28. The van der Waals surface area contributed by atoms with Crippen LogP contribution in [0.5, 0.6) is 0 Å². The number of benzene rings is 2. The molecular formula is C20H11N2+. The monoisotopic (exact) mass is 279 g/mol. The van der Waals surface area contributed by atoms with Gasteiger partial charge in [0.25, 0.3) is 5.69 Å². The quantitative estimate of drug-likeness (QED) is 0.392. The number of fused-ring (bicyclic) bond motifs is 4. The molecule has 0 atom stereocenters. The summed E-state index contributed by atoms with van der Waals surface area (Å²) < 4.78 is 1.98. The van der Waals surface area contributed by atoms with Crippen LogP contribution >= 0.6 is 0 Å². The summed E-state index contributed by atoms with van der Waals surface area (Å²) in [6.45, 7) is 0. The number of hydrogen-bond acceptors (Lipinski definition) is 1. The van der Waals surface area contributed by atoms with Crippen molar-refractivity contribution in [3.8, 4) is 28.3 Å². The highest BCUT2D eigenvalue weighted by atomic mass is 14.9. The van der Waals surface area contributed by atoms with E-state index in [1.165, 1.54) is 16.3 Å². The minimum atomic E-state index is 0.705. The molecule has 2 aromatic heterocycles. The minimum Gasteiger partial charge on any atom is -0.186 e. The van der Waals surface area contributed by atoms with Crippen LogP contribution in [0.1, 0.15) is 5.69 Å². The average Bonchev–Trinajstić information content (AvgIpc) is 2.89. The smallest absolute Gasteiger partial charge is 0.186 e. The topological polar surface area (TPSA) is 27.9 Å². The second kappa shape index (κ2) is 3.93. The van der Waals surface area contributed by atoms with E-state index in [0.29, 0.717) is 5.69 Å². The van der Waals surface area contributed by atoms with Crippen molar-refractivity contribution < 1.29 is 4.40 Å². The van der Waals surface area contributed by atoms with E-state index in [2.05, 4.69) is 48.5 Å². The predicted molar refractivity (Wildman–Crippen MR) is 86.3 cm³/mol. The molecular weight excluding hydrogens is 268 g/mol. The molecule has 0 amide bonds. The molecule has 1 aliphatic rings. The molecule has 22 heavy (non-hydrogen) atoms. The van der Waals surface area contributed by atoms with E-state index in [9.17, 15) is 5.26 Å². The molecule has 0 saturated carbocycles. The molecule has 0 radical (unpaired) electrons. The van der Waals surface area contributed by atoms with Crippen molar-refractivity contribution in [3.63, 3.8) is 0 Å². The van der Waals surface area contributed by atoms with Gasteiger partial charge in [-0.2, -0.15) is 9.66 Å². The van der Waals surface area contributed by atoms with Crippen LogP contribution in [0.2, 0.25) is 0 Å². The van der Waals surface area contributed by atoms with Crippen molar-refractivity contribution in [2.24, 2.45) is 0 Å². The first-order valence-electron chi connectivity index (χ1n) is 7.28. The zero-order chi connectivity index (χ0) is 14.7. The maximum absolute atomic E-state index is 9.76. The molecule has 0 aliphatic heterocycles. The maximum Gasteiger partial charge on any atom is 0.297 e. The number of nitrogens with zero attached hydrogens (tertiary/aromatic N) is 2. The van der Waals surface area contributed by atoms with Crippen LogP contribution in [0, 0.1) is 11.3 Å². The van der Waals surface area contributed by atoms with Crippen molar-refractivity contribution in [2.45, 2.75) is 0 Å². The molecule has 5 rings (SSSR count). The molecule has 0 fully saturated rings. The molecule has 100 valence electrons. The van der Waals surface area contributed by atoms with Gasteiger partial charge in [0.05, 0.1) is 5.56 Å². The summed E-state index contributed by atoms with van der Waals surface area (Å²) in [5.74, 6) is 0. The molecule has 2 nitrogen and oxygen atoms in total. The van der Waals surface area contributed by atoms with Crippen LogP contribution in [-0.2, 0) is 0 Å². The molecule has 0 unspecified atom stereocenters. The molecule has 0 spiro atoms. The lowest BCUT2D eigenvalue weighted by Crippen LogP contribution is -2.26. The normalized spacial score (nSPS) is 11.6. The third kappa shape index (κ3) is 1.26. The van der Waals surface area contributed by atoms with Crippen molar-refractivity contribution >= 4 is 16.3 Å². The zero-order valence-corrected chi connectivity index (χ0v) is 11.7. The third-order valence-corrected chi connectivity index (χ3v) is 4.50. The Morgan fingerprint density at radius 2 is 1.64 bits per heavy atom. The van der Waals surface area contributed by atoms with Crippen molar-refractivity contribution in [1.29, 1.82) is 5.26 Å². The minimum absolute atomic E-state index is 0.705. The maximum atomic E-state index is 9.76. The van der Waals surface area contributed by atoms with Crippen LogP contribution in [0.25, 0.3) is 38.5 Å². The highest BCUT2D eigenvalue weighted by molar-refractivity contribution is 6.16. The number of hydrogen-bond donors (Lipinski definition) is 0. The summed E-state index contributed by atoms with van der Waals surface area (Å²) in [7, 11) is 0. The summed E-state index contributed by atoms with van der Waals surface area (Å²) >= 11 is 0. The van der Waals surface area contributed by atoms with Gasteiger partial charge in [-0.25, -0.2) is 0 Å². The Kier molecular flexibility index (Phi) is 2.05. The van der Waals surface area contributed by atoms with E-state index in [4.69, 9.17) is 0 Å². The lowest BCUT2D eigenvalue weighted by Gasteiger charge is -2.02. The Bertz CT molecular complexity index is 1130. The van der Waals surface area contributed by atoms with Crippen LogP contribution in [0.15, 0.2) is 66.9 Å². The fourth-order valence-corrected chi connectivity index (χ4v) is 3.61. The first-order chi connectivity index (χ1) is 10.9. The number of nitriles is 1. The second-order valence-corrected chi connectivity index (χ2v) is 5.60. The molecule has 1 aliphatic carbocycles. The molecule has 4 aromatic rings. The van der Waals surface area contributed by atoms with E-state index >= 15 is 0 Å². The van der Waals surface area contributed by atoms with Gasteiger partial charge in [-0.3, -0.25) is 0 Å². The number of pyridine rings is 2. The summed E-state index contributed by atoms with van der Waals surface area (Å²) in [6.07, 6.45) is 1.96. The van der Waals surface area contributed by atoms with Crippen LogP contribution in [0.4, 0.5) is 0 Å². The SMILES string of the molecule is N#Cc1c2c(cc3cccc[n+]13)-c1cccc3cccc-2c13. The van der Waals surface area contributed by atoms with Crippen LogP contribution in [-0.4, -0.2) is 0 Å². The average molecular weight is 279 g/mol. The van der Waals surface area contributed by atoms with Crippen molar-refractivity contribution in [2.75, 3.05) is 0 Å². The molecule has 0 N–H and O–H groups in total. The van der Waals surface area contributed by atoms with Gasteiger partial charge in [-0.05, 0) is 28.0 Å². The summed E-state index contributed by atoms with van der Waals surface area (Å²) in [5.41, 5.74) is 6.36. The van der Waals surface area contributed by atoms with Gasteiger partial charge in [-0.1, -0.05) is 36.4 Å². The van der Waals surface area contributed by atoms with Crippen LogP contribution in [0.3, 0.4) is 0 Å².